The topological polar surface area (TPSA) is 74.8 Å². The summed E-state index contributed by atoms with van der Waals surface area (Å²) in [5.41, 5.74) is 3.32. The van der Waals surface area contributed by atoms with E-state index in [1.54, 1.807) is 16.0 Å². The van der Waals surface area contributed by atoms with E-state index in [-0.39, 0.29) is 17.9 Å². The summed E-state index contributed by atoms with van der Waals surface area (Å²) in [6, 6.07) is 12.2. The Morgan fingerprint density at radius 2 is 1.67 bits per heavy atom. The standard InChI is InChI=1S/C26H34N4O3/c1-18-5-8-23(17-28-18)30(24(31)21-15-27-16-21)22-9-6-19(7-10-22)20-11-13-29(14-12-20)25(32)33-26(2,3)4/h5-10,17,20-21,27H,11-16H2,1-4H3. The molecule has 0 atom stereocenters. The van der Waals surface area contributed by atoms with Gasteiger partial charge in [0.1, 0.15) is 5.60 Å². The number of likely N-dealkylation sites (tertiary alicyclic amines) is 1. The molecule has 2 fully saturated rings. The lowest BCUT2D eigenvalue weighted by Crippen LogP contribution is -2.51. The van der Waals surface area contributed by atoms with Crippen molar-refractivity contribution in [2.24, 2.45) is 5.92 Å². The first kappa shape index (κ1) is 23.2. The molecule has 0 radical (unpaired) electrons. The third-order valence-electron chi connectivity index (χ3n) is 6.27. The van der Waals surface area contributed by atoms with E-state index in [0.29, 0.717) is 32.1 Å². The lowest BCUT2D eigenvalue weighted by Gasteiger charge is -2.34. The second kappa shape index (κ2) is 9.51. The van der Waals surface area contributed by atoms with Crippen molar-refractivity contribution < 1.29 is 14.3 Å². The minimum Gasteiger partial charge on any atom is -0.444 e. The van der Waals surface area contributed by atoms with Crippen LogP contribution in [-0.2, 0) is 9.53 Å². The monoisotopic (exact) mass is 450 g/mol. The molecule has 176 valence electrons. The van der Waals surface area contributed by atoms with Crippen LogP contribution in [0.4, 0.5) is 16.2 Å². The van der Waals surface area contributed by atoms with E-state index < -0.39 is 5.60 Å². The SMILES string of the molecule is Cc1ccc(N(C(=O)C2CNC2)c2ccc(C3CCN(C(=O)OC(C)(C)C)CC3)cc2)cn1. The Morgan fingerprint density at radius 3 is 2.18 bits per heavy atom. The number of piperidine rings is 1. The number of carbonyl (C=O) groups excluding carboxylic acids is 2. The molecule has 2 amide bonds. The van der Waals surface area contributed by atoms with Gasteiger partial charge in [-0.25, -0.2) is 4.79 Å². The van der Waals surface area contributed by atoms with Gasteiger partial charge in [-0.05, 0) is 76.3 Å². The van der Waals surface area contributed by atoms with E-state index in [9.17, 15) is 9.59 Å². The molecule has 1 N–H and O–H groups in total. The predicted octanol–water partition coefficient (Wildman–Crippen LogP) is 4.39. The van der Waals surface area contributed by atoms with Crippen LogP contribution in [-0.4, -0.2) is 53.7 Å². The Hall–Kier alpha value is -2.93. The molecule has 33 heavy (non-hydrogen) atoms. The Morgan fingerprint density at radius 1 is 1.03 bits per heavy atom. The van der Waals surface area contributed by atoms with Gasteiger partial charge in [-0.2, -0.15) is 0 Å². The van der Waals surface area contributed by atoms with E-state index in [1.165, 1.54) is 5.56 Å². The van der Waals surface area contributed by atoms with Gasteiger partial charge in [0.15, 0.2) is 0 Å². The summed E-state index contributed by atoms with van der Waals surface area (Å²) in [5, 5.41) is 3.18. The van der Waals surface area contributed by atoms with Crippen LogP contribution in [0.2, 0.25) is 0 Å². The highest BCUT2D eigenvalue weighted by Gasteiger charge is 2.32. The van der Waals surface area contributed by atoms with E-state index in [0.717, 1.165) is 29.9 Å². The van der Waals surface area contributed by atoms with Gasteiger partial charge >= 0.3 is 6.09 Å². The number of rotatable bonds is 4. The highest BCUT2D eigenvalue weighted by atomic mass is 16.6. The van der Waals surface area contributed by atoms with E-state index in [2.05, 4.69) is 22.4 Å². The van der Waals surface area contributed by atoms with Crippen molar-refractivity contribution in [3.05, 3.63) is 53.9 Å². The van der Waals surface area contributed by atoms with Crippen molar-refractivity contribution in [1.29, 1.82) is 0 Å². The molecule has 0 spiro atoms. The fourth-order valence-corrected chi connectivity index (χ4v) is 4.26. The van der Waals surface area contributed by atoms with Crippen molar-refractivity contribution in [2.45, 2.75) is 52.1 Å². The quantitative estimate of drug-likeness (QED) is 0.748. The van der Waals surface area contributed by atoms with Gasteiger partial charge in [0.25, 0.3) is 0 Å². The van der Waals surface area contributed by atoms with Crippen LogP contribution in [0.1, 0.15) is 50.8 Å². The maximum atomic E-state index is 13.2. The lowest BCUT2D eigenvalue weighted by molar-refractivity contribution is -0.123. The van der Waals surface area contributed by atoms with Gasteiger partial charge < -0.3 is 15.0 Å². The van der Waals surface area contributed by atoms with Gasteiger partial charge in [-0.15, -0.1) is 0 Å². The number of ether oxygens (including phenoxy) is 1. The van der Waals surface area contributed by atoms with Gasteiger partial charge in [-0.1, -0.05) is 12.1 Å². The largest absolute Gasteiger partial charge is 0.444 e. The summed E-state index contributed by atoms with van der Waals surface area (Å²) >= 11 is 0. The smallest absolute Gasteiger partial charge is 0.410 e. The average molecular weight is 451 g/mol. The zero-order chi connectivity index (χ0) is 23.6. The second-order valence-electron chi connectivity index (χ2n) is 10.0. The number of anilines is 2. The molecule has 2 aliphatic rings. The Bertz CT molecular complexity index is 970. The number of hydrogen-bond acceptors (Lipinski definition) is 5. The first-order chi connectivity index (χ1) is 15.7. The summed E-state index contributed by atoms with van der Waals surface area (Å²) in [7, 11) is 0. The first-order valence-corrected chi connectivity index (χ1v) is 11.8. The predicted molar refractivity (Wildman–Crippen MR) is 129 cm³/mol. The minimum absolute atomic E-state index is 0.0110. The molecule has 2 saturated heterocycles. The highest BCUT2D eigenvalue weighted by Crippen LogP contribution is 2.33. The van der Waals surface area contributed by atoms with Crippen molar-refractivity contribution in [2.75, 3.05) is 31.1 Å². The minimum atomic E-state index is -0.477. The number of pyridine rings is 1. The van der Waals surface area contributed by atoms with Gasteiger partial charge in [0, 0.05) is 37.6 Å². The third kappa shape index (κ3) is 5.53. The number of aryl methyl sites for hydroxylation is 1. The Kier molecular flexibility index (Phi) is 6.70. The summed E-state index contributed by atoms with van der Waals surface area (Å²) in [6.45, 7) is 10.4. The third-order valence-corrected chi connectivity index (χ3v) is 6.27. The molecule has 1 aromatic carbocycles. The lowest BCUT2D eigenvalue weighted by atomic mass is 9.89. The van der Waals surface area contributed by atoms with E-state index >= 15 is 0 Å². The molecule has 1 aromatic heterocycles. The van der Waals surface area contributed by atoms with Crippen LogP contribution in [0.5, 0.6) is 0 Å². The van der Waals surface area contributed by atoms with Crippen LogP contribution < -0.4 is 10.2 Å². The molecule has 3 heterocycles. The summed E-state index contributed by atoms with van der Waals surface area (Å²) < 4.78 is 5.51. The second-order valence-corrected chi connectivity index (χ2v) is 10.0. The summed E-state index contributed by atoms with van der Waals surface area (Å²) in [6.07, 6.45) is 3.33. The molecule has 0 aliphatic carbocycles. The van der Waals surface area contributed by atoms with Crippen LogP contribution in [0.25, 0.3) is 0 Å². The van der Waals surface area contributed by atoms with Crippen LogP contribution in [0.3, 0.4) is 0 Å². The Labute approximate surface area is 196 Å². The number of benzene rings is 1. The normalized spacial score (nSPS) is 17.4. The summed E-state index contributed by atoms with van der Waals surface area (Å²) in [4.78, 5) is 33.5. The maximum Gasteiger partial charge on any atom is 0.410 e. The zero-order valence-corrected chi connectivity index (χ0v) is 20.0. The fourth-order valence-electron chi connectivity index (χ4n) is 4.26. The van der Waals surface area contributed by atoms with Gasteiger partial charge in [-0.3, -0.25) is 14.7 Å². The molecule has 2 aliphatic heterocycles. The molecule has 0 saturated carbocycles. The van der Waals surface area contributed by atoms with E-state index in [4.69, 9.17) is 4.74 Å². The average Bonchev–Trinajstić information content (AvgIpc) is 2.73. The molecule has 0 bridgehead atoms. The first-order valence-electron chi connectivity index (χ1n) is 11.8. The summed E-state index contributed by atoms with van der Waals surface area (Å²) in [5.74, 6) is 0.472. The van der Waals surface area contributed by atoms with E-state index in [1.807, 2.05) is 52.0 Å². The highest BCUT2D eigenvalue weighted by molar-refractivity contribution is 6.02. The van der Waals surface area contributed by atoms with Crippen molar-refractivity contribution in [3.8, 4) is 0 Å². The van der Waals surface area contributed by atoms with Gasteiger partial charge in [0.05, 0.1) is 17.8 Å². The molecule has 4 rings (SSSR count). The number of hydrogen-bond donors (Lipinski definition) is 1. The number of aromatic nitrogens is 1. The molecule has 7 heteroatoms. The van der Waals surface area contributed by atoms with Crippen LogP contribution in [0.15, 0.2) is 42.6 Å². The zero-order valence-electron chi connectivity index (χ0n) is 20.0. The number of carbonyl (C=O) groups is 2. The van der Waals surface area contributed by atoms with Crippen molar-refractivity contribution in [3.63, 3.8) is 0 Å². The maximum absolute atomic E-state index is 13.2. The van der Waals surface area contributed by atoms with Crippen molar-refractivity contribution >= 4 is 23.4 Å². The molecular weight excluding hydrogens is 416 g/mol. The molecule has 7 nitrogen and oxygen atoms in total. The number of amides is 2. The molecule has 2 aromatic rings. The Balaban J connectivity index is 1.45. The van der Waals surface area contributed by atoms with Gasteiger partial charge in [0.2, 0.25) is 5.91 Å². The molecular formula is C26H34N4O3. The van der Waals surface area contributed by atoms with Crippen LogP contribution in [0, 0.1) is 12.8 Å². The number of nitrogens with zero attached hydrogens (tertiary/aromatic N) is 3. The molecule has 0 unspecified atom stereocenters. The fraction of sp³-hybridized carbons (Fsp3) is 0.500. The van der Waals surface area contributed by atoms with Crippen LogP contribution >= 0.6 is 0 Å². The number of nitrogens with one attached hydrogen (secondary N) is 1. The van der Waals surface area contributed by atoms with Crippen molar-refractivity contribution in [1.82, 2.24) is 15.2 Å².